The summed E-state index contributed by atoms with van der Waals surface area (Å²) < 4.78 is 0. The van der Waals surface area contributed by atoms with Crippen LogP contribution in [0, 0.1) is 34.5 Å². The molecule has 0 aromatic rings. The van der Waals surface area contributed by atoms with Crippen molar-refractivity contribution in [3.05, 3.63) is 0 Å². The minimum atomic E-state index is -0.738. The van der Waals surface area contributed by atoms with Gasteiger partial charge in [-0.1, -0.05) is 47.0 Å². The number of hydrogen-bond acceptors (Lipinski definition) is 3. The van der Waals surface area contributed by atoms with Gasteiger partial charge in [0.15, 0.2) is 0 Å². The fourth-order valence-corrected chi connectivity index (χ4v) is 8.92. The first-order valence-corrected chi connectivity index (χ1v) is 14.7. The maximum atomic E-state index is 13.0. The Hall–Kier alpha value is -0.900. The summed E-state index contributed by atoms with van der Waals surface area (Å²) in [5.74, 6) is 3.28. The van der Waals surface area contributed by atoms with E-state index in [2.05, 4.69) is 27.7 Å². The zero-order valence-corrected chi connectivity index (χ0v) is 22.5. The van der Waals surface area contributed by atoms with Gasteiger partial charge in [0.25, 0.3) is 0 Å². The highest BCUT2D eigenvalue weighted by Gasteiger charge is 2.61. The van der Waals surface area contributed by atoms with Gasteiger partial charge in [0.1, 0.15) is 5.78 Å². The van der Waals surface area contributed by atoms with E-state index in [0.717, 1.165) is 77.2 Å². The van der Waals surface area contributed by atoms with E-state index in [-0.39, 0.29) is 16.7 Å². The van der Waals surface area contributed by atoms with Gasteiger partial charge in [0, 0.05) is 31.3 Å². The molecule has 0 aromatic carbocycles. The van der Waals surface area contributed by atoms with Crippen molar-refractivity contribution in [3.8, 4) is 0 Å². The summed E-state index contributed by atoms with van der Waals surface area (Å²) >= 11 is 0. The lowest BCUT2D eigenvalue weighted by atomic mass is 9.44. The van der Waals surface area contributed by atoms with Crippen molar-refractivity contribution in [2.24, 2.45) is 34.5 Å². The fraction of sp³-hybridized carbons (Fsp3) is 0.933. The highest BCUT2D eigenvalue weighted by atomic mass is 16.3. The molecule has 4 heteroatoms. The second-order valence-corrected chi connectivity index (χ2v) is 13.1. The van der Waals surface area contributed by atoms with Gasteiger partial charge >= 0.3 is 0 Å². The van der Waals surface area contributed by atoms with Gasteiger partial charge in [0.2, 0.25) is 5.91 Å². The molecule has 4 fully saturated rings. The lowest BCUT2D eigenvalue weighted by Crippen LogP contribution is -2.58. The fourth-order valence-electron chi connectivity index (χ4n) is 8.92. The van der Waals surface area contributed by atoms with Gasteiger partial charge in [-0.3, -0.25) is 9.59 Å². The molecule has 0 aliphatic heterocycles. The normalized spacial score (nSPS) is 41.5. The molecule has 4 aliphatic rings. The number of nitrogens with zero attached hydrogens (tertiary/aromatic N) is 1. The molecule has 194 valence electrons. The van der Waals surface area contributed by atoms with E-state index < -0.39 is 5.60 Å². The number of ketones is 1. The van der Waals surface area contributed by atoms with E-state index in [1.807, 2.05) is 4.90 Å². The number of unbranched alkanes of at least 4 members (excludes halogenated alkanes) is 3. The quantitative estimate of drug-likeness (QED) is 0.387. The van der Waals surface area contributed by atoms with Crippen LogP contribution in [0.3, 0.4) is 0 Å². The van der Waals surface area contributed by atoms with Gasteiger partial charge in [-0.25, -0.2) is 0 Å². The lowest BCUT2D eigenvalue weighted by Gasteiger charge is -2.61. The van der Waals surface area contributed by atoms with Crippen LogP contribution in [0.1, 0.15) is 124 Å². The maximum Gasteiger partial charge on any atom is 0.222 e. The highest BCUT2D eigenvalue weighted by molar-refractivity contribution is 5.87. The average molecular weight is 474 g/mol. The first kappa shape index (κ1) is 26.2. The number of fused-ring (bicyclic) bond motifs is 5. The summed E-state index contributed by atoms with van der Waals surface area (Å²) in [6.07, 6.45) is 15.2. The van der Waals surface area contributed by atoms with E-state index in [1.165, 1.54) is 19.3 Å². The van der Waals surface area contributed by atoms with Crippen molar-refractivity contribution in [1.82, 2.24) is 4.90 Å². The largest absolute Gasteiger partial charge is 0.388 e. The smallest absolute Gasteiger partial charge is 0.222 e. The summed E-state index contributed by atoms with van der Waals surface area (Å²) in [5, 5.41) is 11.8. The standard InChI is InChI=1S/C30H51NO3/c1-5-7-9-19-31(27(33)10-8-6-2)21-30(34)18-17-28(3)22(20-30)11-12-23-24-13-14-26(32)29(24,4)16-15-25(23)28/h22-25,34H,5-21H2,1-4H3/t22?,23-,24-,25-,28-,29-,30+/m0/s1. The van der Waals surface area contributed by atoms with Gasteiger partial charge in [-0.05, 0) is 93.3 Å². The number of Topliss-reactive ketones (excluding diaryl/α,β-unsaturated/α-hetero) is 1. The monoisotopic (exact) mass is 473 g/mol. The Morgan fingerprint density at radius 1 is 0.971 bits per heavy atom. The van der Waals surface area contributed by atoms with Gasteiger partial charge in [-0.2, -0.15) is 0 Å². The Balaban J connectivity index is 1.44. The number of hydrogen-bond donors (Lipinski definition) is 1. The minimum Gasteiger partial charge on any atom is -0.388 e. The first-order valence-electron chi connectivity index (χ1n) is 14.7. The SMILES string of the molecule is CCCCCN(C[C@@]1(O)CC[C@@]2(C)C(CC[C@@H]3[C@@H]2CC[C@]2(C)C(=O)CC[C@@H]32)C1)C(=O)CCCC. The molecule has 0 aromatic heterocycles. The van der Waals surface area contributed by atoms with Crippen LogP contribution >= 0.6 is 0 Å². The van der Waals surface area contributed by atoms with E-state index in [9.17, 15) is 14.7 Å². The Bertz CT molecular complexity index is 751. The average Bonchev–Trinajstić information content (AvgIpc) is 3.12. The zero-order valence-electron chi connectivity index (χ0n) is 22.5. The summed E-state index contributed by atoms with van der Waals surface area (Å²) in [4.78, 5) is 27.7. The molecule has 0 saturated heterocycles. The molecule has 0 radical (unpaired) electrons. The Morgan fingerprint density at radius 3 is 2.47 bits per heavy atom. The molecule has 4 rings (SSSR count). The third-order valence-corrected chi connectivity index (χ3v) is 11.1. The number of amides is 1. The van der Waals surface area contributed by atoms with E-state index >= 15 is 0 Å². The van der Waals surface area contributed by atoms with Crippen LogP contribution < -0.4 is 0 Å². The molecule has 4 aliphatic carbocycles. The van der Waals surface area contributed by atoms with Gasteiger partial charge < -0.3 is 10.0 Å². The summed E-state index contributed by atoms with van der Waals surface area (Å²) in [5.41, 5.74) is -0.517. The van der Waals surface area contributed by atoms with E-state index in [0.29, 0.717) is 42.4 Å². The summed E-state index contributed by atoms with van der Waals surface area (Å²) in [6.45, 7) is 10.4. The number of rotatable bonds is 9. The topological polar surface area (TPSA) is 57.6 Å². The Labute approximate surface area is 208 Å². The van der Waals surface area contributed by atoms with Crippen molar-refractivity contribution in [3.63, 3.8) is 0 Å². The predicted molar refractivity (Wildman–Crippen MR) is 137 cm³/mol. The molecular formula is C30H51NO3. The Morgan fingerprint density at radius 2 is 1.74 bits per heavy atom. The lowest BCUT2D eigenvalue weighted by molar-refractivity contribution is -0.161. The van der Waals surface area contributed by atoms with Crippen molar-refractivity contribution < 1.29 is 14.7 Å². The summed E-state index contributed by atoms with van der Waals surface area (Å²) in [7, 11) is 0. The van der Waals surface area contributed by atoms with Crippen LogP contribution in [-0.4, -0.2) is 40.4 Å². The highest BCUT2D eigenvalue weighted by Crippen LogP contribution is 2.66. The van der Waals surface area contributed by atoms with Crippen molar-refractivity contribution in [1.29, 1.82) is 0 Å². The molecule has 7 atom stereocenters. The maximum absolute atomic E-state index is 13.0. The van der Waals surface area contributed by atoms with E-state index in [1.54, 1.807) is 0 Å². The molecule has 1 N–H and O–H groups in total. The van der Waals surface area contributed by atoms with Crippen LogP contribution in [-0.2, 0) is 9.59 Å². The van der Waals surface area contributed by atoms with Crippen LogP contribution in [0.5, 0.6) is 0 Å². The third kappa shape index (κ3) is 4.74. The minimum absolute atomic E-state index is 0.0579. The van der Waals surface area contributed by atoms with Crippen molar-refractivity contribution >= 4 is 11.7 Å². The van der Waals surface area contributed by atoms with Crippen molar-refractivity contribution in [2.75, 3.05) is 13.1 Å². The molecule has 0 bridgehead atoms. The number of carbonyl (C=O) groups is 2. The van der Waals surface area contributed by atoms with Crippen LogP contribution in [0.25, 0.3) is 0 Å². The number of carbonyl (C=O) groups excluding carboxylic acids is 2. The van der Waals surface area contributed by atoms with Crippen molar-refractivity contribution in [2.45, 2.75) is 130 Å². The second kappa shape index (κ2) is 10.2. The van der Waals surface area contributed by atoms with Crippen LogP contribution in [0.2, 0.25) is 0 Å². The molecule has 4 nitrogen and oxygen atoms in total. The number of aliphatic hydroxyl groups is 1. The van der Waals surface area contributed by atoms with Gasteiger partial charge in [-0.15, -0.1) is 0 Å². The van der Waals surface area contributed by atoms with Crippen LogP contribution in [0.4, 0.5) is 0 Å². The van der Waals surface area contributed by atoms with Gasteiger partial charge in [0.05, 0.1) is 5.60 Å². The third-order valence-electron chi connectivity index (χ3n) is 11.1. The molecule has 4 saturated carbocycles. The summed E-state index contributed by atoms with van der Waals surface area (Å²) in [6, 6.07) is 0. The van der Waals surface area contributed by atoms with Crippen LogP contribution in [0.15, 0.2) is 0 Å². The molecule has 0 heterocycles. The molecule has 0 spiro atoms. The zero-order chi connectivity index (χ0) is 24.6. The molecule has 1 unspecified atom stereocenters. The molecular weight excluding hydrogens is 422 g/mol. The Kier molecular flexibility index (Phi) is 7.87. The predicted octanol–water partition coefficient (Wildman–Crippen LogP) is 6.54. The second-order valence-electron chi connectivity index (χ2n) is 13.1. The first-order chi connectivity index (χ1) is 16.2. The molecule has 1 amide bonds. The van der Waals surface area contributed by atoms with E-state index in [4.69, 9.17) is 0 Å². The molecule has 34 heavy (non-hydrogen) atoms.